The van der Waals surface area contributed by atoms with E-state index in [1.165, 1.54) is 44.9 Å². The molecule has 0 rings (SSSR count). The monoisotopic (exact) mass is 228 g/mol. The van der Waals surface area contributed by atoms with Gasteiger partial charge in [0, 0.05) is 0 Å². The van der Waals surface area contributed by atoms with E-state index in [1.54, 1.807) is 0 Å². The van der Waals surface area contributed by atoms with E-state index in [0.29, 0.717) is 0 Å². The van der Waals surface area contributed by atoms with Gasteiger partial charge in [0.15, 0.2) is 0 Å². The molecule has 1 unspecified atom stereocenters. The smallest absolute Gasteiger partial charge is 0.306 e. The Morgan fingerprint density at radius 1 is 0.938 bits per heavy atom. The van der Waals surface area contributed by atoms with E-state index in [-0.39, 0.29) is 5.92 Å². The average molecular weight is 228 g/mol. The maximum atomic E-state index is 10.8. The van der Waals surface area contributed by atoms with Gasteiger partial charge in [-0.05, 0) is 12.8 Å². The third-order valence-corrected chi connectivity index (χ3v) is 3.25. The van der Waals surface area contributed by atoms with Crippen LogP contribution in [0.25, 0.3) is 0 Å². The molecule has 1 N–H and O–H groups in total. The third kappa shape index (κ3) is 8.75. The van der Waals surface area contributed by atoms with Crippen LogP contribution < -0.4 is 0 Å². The number of rotatable bonds is 11. The van der Waals surface area contributed by atoms with Crippen LogP contribution in [0, 0.1) is 5.92 Å². The summed E-state index contributed by atoms with van der Waals surface area (Å²) in [7, 11) is 0. The molecule has 0 aromatic carbocycles. The lowest BCUT2D eigenvalue weighted by molar-refractivity contribution is -0.142. The standard InChI is InChI=1S/C14H28O2/c1-3-5-6-7-8-9-10-11-12-13(4-2)14(15)16/h13H,3-12H2,1-2H3,(H,15,16). The van der Waals surface area contributed by atoms with E-state index in [0.717, 1.165) is 19.3 Å². The molecule has 0 fully saturated rings. The van der Waals surface area contributed by atoms with Crippen LogP contribution in [0.4, 0.5) is 0 Å². The van der Waals surface area contributed by atoms with Crippen molar-refractivity contribution in [1.82, 2.24) is 0 Å². The van der Waals surface area contributed by atoms with E-state index < -0.39 is 5.97 Å². The highest BCUT2D eigenvalue weighted by Crippen LogP contribution is 2.15. The first-order valence-electron chi connectivity index (χ1n) is 6.95. The average Bonchev–Trinajstić information content (AvgIpc) is 2.26. The number of unbranched alkanes of at least 4 members (excludes halogenated alkanes) is 7. The Bertz CT molecular complexity index is 166. The lowest BCUT2D eigenvalue weighted by atomic mass is 9.98. The molecule has 16 heavy (non-hydrogen) atoms. The summed E-state index contributed by atoms with van der Waals surface area (Å²) in [6.45, 7) is 4.19. The lowest BCUT2D eigenvalue weighted by Gasteiger charge is -2.08. The fourth-order valence-corrected chi connectivity index (χ4v) is 2.03. The van der Waals surface area contributed by atoms with Gasteiger partial charge in [-0.3, -0.25) is 4.79 Å². The zero-order chi connectivity index (χ0) is 12.2. The highest BCUT2D eigenvalue weighted by Gasteiger charge is 2.13. The summed E-state index contributed by atoms with van der Waals surface area (Å²) in [6, 6.07) is 0. The lowest BCUT2D eigenvalue weighted by Crippen LogP contribution is -2.12. The van der Waals surface area contributed by atoms with Crippen molar-refractivity contribution in [2.45, 2.75) is 78.1 Å². The fourth-order valence-electron chi connectivity index (χ4n) is 2.03. The predicted molar refractivity (Wildman–Crippen MR) is 68.6 cm³/mol. The molecule has 0 aromatic rings. The second-order valence-corrected chi connectivity index (χ2v) is 4.71. The minimum absolute atomic E-state index is 0.111. The molecule has 2 heteroatoms. The van der Waals surface area contributed by atoms with Crippen LogP contribution in [0.1, 0.15) is 78.1 Å². The summed E-state index contributed by atoms with van der Waals surface area (Å²) in [5.74, 6) is -0.731. The Morgan fingerprint density at radius 2 is 1.44 bits per heavy atom. The predicted octanol–water partition coefficient (Wildman–Crippen LogP) is 4.63. The zero-order valence-corrected chi connectivity index (χ0v) is 11.0. The maximum absolute atomic E-state index is 10.8. The molecule has 0 aliphatic rings. The normalized spacial score (nSPS) is 12.6. The molecule has 0 heterocycles. The van der Waals surface area contributed by atoms with Gasteiger partial charge in [-0.2, -0.15) is 0 Å². The van der Waals surface area contributed by atoms with Gasteiger partial charge in [-0.1, -0.05) is 65.2 Å². The van der Waals surface area contributed by atoms with Crippen LogP contribution in [0.2, 0.25) is 0 Å². The molecule has 0 bridgehead atoms. The van der Waals surface area contributed by atoms with Gasteiger partial charge in [0.1, 0.15) is 0 Å². The minimum Gasteiger partial charge on any atom is -0.481 e. The molecule has 0 aliphatic carbocycles. The molecular formula is C14H28O2. The van der Waals surface area contributed by atoms with Crippen LogP contribution in [0.3, 0.4) is 0 Å². The van der Waals surface area contributed by atoms with Crippen molar-refractivity contribution in [2.24, 2.45) is 5.92 Å². The number of carboxylic acids is 1. The molecule has 2 nitrogen and oxygen atoms in total. The Morgan fingerprint density at radius 3 is 1.88 bits per heavy atom. The Balaban J connectivity index is 3.22. The molecule has 96 valence electrons. The van der Waals surface area contributed by atoms with Crippen LogP contribution >= 0.6 is 0 Å². The van der Waals surface area contributed by atoms with E-state index in [4.69, 9.17) is 5.11 Å². The van der Waals surface area contributed by atoms with Gasteiger partial charge >= 0.3 is 5.97 Å². The Kier molecular flexibility index (Phi) is 10.6. The highest BCUT2D eigenvalue weighted by atomic mass is 16.4. The number of carbonyl (C=O) groups is 1. The van der Waals surface area contributed by atoms with Crippen molar-refractivity contribution in [3.63, 3.8) is 0 Å². The molecule has 0 saturated carbocycles. The topological polar surface area (TPSA) is 37.3 Å². The summed E-state index contributed by atoms with van der Waals surface area (Å²) in [4.78, 5) is 10.8. The van der Waals surface area contributed by atoms with Gasteiger partial charge in [0.25, 0.3) is 0 Å². The van der Waals surface area contributed by atoms with Crippen molar-refractivity contribution >= 4 is 5.97 Å². The second kappa shape index (κ2) is 11.0. The molecule has 0 saturated heterocycles. The van der Waals surface area contributed by atoms with E-state index >= 15 is 0 Å². The van der Waals surface area contributed by atoms with Crippen LogP contribution in [-0.2, 0) is 4.79 Å². The maximum Gasteiger partial charge on any atom is 0.306 e. The first kappa shape index (κ1) is 15.5. The molecule has 0 radical (unpaired) electrons. The van der Waals surface area contributed by atoms with Crippen molar-refractivity contribution in [3.8, 4) is 0 Å². The van der Waals surface area contributed by atoms with Crippen molar-refractivity contribution in [1.29, 1.82) is 0 Å². The van der Waals surface area contributed by atoms with Gasteiger partial charge in [0.05, 0.1) is 5.92 Å². The van der Waals surface area contributed by atoms with Crippen molar-refractivity contribution in [2.75, 3.05) is 0 Å². The van der Waals surface area contributed by atoms with E-state index in [2.05, 4.69) is 6.92 Å². The summed E-state index contributed by atoms with van der Waals surface area (Å²) in [5.41, 5.74) is 0. The number of hydrogen-bond donors (Lipinski definition) is 1. The van der Waals surface area contributed by atoms with Crippen molar-refractivity contribution < 1.29 is 9.90 Å². The first-order chi connectivity index (χ1) is 7.72. The van der Waals surface area contributed by atoms with Crippen LogP contribution in [0.5, 0.6) is 0 Å². The van der Waals surface area contributed by atoms with E-state index in [9.17, 15) is 4.79 Å². The van der Waals surface area contributed by atoms with Crippen LogP contribution in [0.15, 0.2) is 0 Å². The molecule has 1 atom stereocenters. The molecule has 0 aromatic heterocycles. The third-order valence-electron chi connectivity index (χ3n) is 3.25. The largest absolute Gasteiger partial charge is 0.481 e. The summed E-state index contributed by atoms with van der Waals surface area (Å²) >= 11 is 0. The minimum atomic E-state index is -0.620. The van der Waals surface area contributed by atoms with Gasteiger partial charge in [-0.25, -0.2) is 0 Å². The Labute approximate surface area is 100 Å². The van der Waals surface area contributed by atoms with E-state index in [1.807, 2.05) is 6.92 Å². The first-order valence-corrected chi connectivity index (χ1v) is 6.95. The van der Waals surface area contributed by atoms with Gasteiger partial charge in [0.2, 0.25) is 0 Å². The van der Waals surface area contributed by atoms with Crippen molar-refractivity contribution in [3.05, 3.63) is 0 Å². The molecule has 0 spiro atoms. The quantitative estimate of drug-likeness (QED) is 0.523. The summed E-state index contributed by atoms with van der Waals surface area (Å²) < 4.78 is 0. The number of aliphatic carboxylic acids is 1. The zero-order valence-electron chi connectivity index (χ0n) is 11.0. The fraction of sp³-hybridized carbons (Fsp3) is 0.929. The molecule has 0 amide bonds. The number of carboxylic acid groups (broad SMARTS) is 1. The van der Waals surface area contributed by atoms with Gasteiger partial charge in [-0.15, -0.1) is 0 Å². The molecular weight excluding hydrogens is 200 g/mol. The second-order valence-electron chi connectivity index (χ2n) is 4.71. The highest BCUT2D eigenvalue weighted by molar-refractivity contribution is 5.69. The summed E-state index contributed by atoms with van der Waals surface area (Å²) in [6.07, 6.45) is 11.9. The van der Waals surface area contributed by atoms with Crippen LogP contribution in [-0.4, -0.2) is 11.1 Å². The van der Waals surface area contributed by atoms with Gasteiger partial charge < -0.3 is 5.11 Å². The molecule has 0 aliphatic heterocycles. The SMILES string of the molecule is CCCCCCCCCCC(CC)C(=O)O. The Hall–Kier alpha value is -0.530. The summed E-state index contributed by atoms with van der Waals surface area (Å²) in [5, 5.41) is 8.87. The number of hydrogen-bond acceptors (Lipinski definition) is 1.